The molecule has 6 heteroatoms. The average Bonchev–Trinajstić information content (AvgIpc) is 4.03. The van der Waals surface area contributed by atoms with Gasteiger partial charge in [-0.1, -0.05) is 164 Å². The average molecular weight is 806 g/mol. The van der Waals surface area contributed by atoms with E-state index in [4.69, 9.17) is 19.4 Å². The molecule has 0 bridgehead atoms. The van der Waals surface area contributed by atoms with Crippen LogP contribution in [0, 0.1) is 0 Å². The molecule has 6 nitrogen and oxygen atoms in total. The maximum absolute atomic E-state index is 7.09. The highest BCUT2D eigenvalue weighted by molar-refractivity contribution is 6.24. The highest BCUT2D eigenvalue weighted by Gasteiger charge is 2.25. The smallest absolute Gasteiger partial charge is 0.164 e. The van der Waals surface area contributed by atoms with Gasteiger partial charge in [0.05, 0.1) is 27.8 Å². The van der Waals surface area contributed by atoms with Gasteiger partial charge in [0.15, 0.2) is 23.1 Å². The third kappa shape index (κ3) is 5.48. The van der Waals surface area contributed by atoms with Gasteiger partial charge in [0.1, 0.15) is 5.58 Å². The molecule has 0 N–H and O–H groups in total. The zero-order valence-corrected chi connectivity index (χ0v) is 33.9. The van der Waals surface area contributed by atoms with Gasteiger partial charge >= 0.3 is 0 Å². The zero-order valence-electron chi connectivity index (χ0n) is 33.9. The molecule has 13 rings (SSSR count). The van der Waals surface area contributed by atoms with Crippen molar-refractivity contribution in [1.29, 1.82) is 0 Å². The van der Waals surface area contributed by atoms with Crippen molar-refractivity contribution < 1.29 is 4.42 Å². The second-order valence-electron chi connectivity index (χ2n) is 16.0. The Morgan fingerprint density at radius 3 is 1.63 bits per heavy atom. The minimum Gasteiger partial charge on any atom is -0.454 e. The van der Waals surface area contributed by atoms with E-state index in [9.17, 15) is 0 Å². The summed E-state index contributed by atoms with van der Waals surface area (Å²) in [7, 11) is 0. The van der Waals surface area contributed by atoms with E-state index < -0.39 is 0 Å². The van der Waals surface area contributed by atoms with Crippen molar-refractivity contribution in [3.63, 3.8) is 0 Å². The molecule has 4 heterocycles. The molecule has 0 aliphatic heterocycles. The summed E-state index contributed by atoms with van der Waals surface area (Å²) in [6.45, 7) is 0. The van der Waals surface area contributed by atoms with Crippen LogP contribution in [0.1, 0.15) is 0 Å². The first kappa shape index (κ1) is 35.2. The lowest BCUT2D eigenvalue weighted by molar-refractivity contribution is 0.671. The van der Waals surface area contributed by atoms with Gasteiger partial charge in [-0.25, -0.2) is 15.0 Å². The van der Waals surface area contributed by atoms with Crippen molar-refractivity contribution in [2.45, 2.75) is 0 Å². The van der Waals surface area contributed by atoms with E-state index in [1.807, 2.05) is 48.5 Å². The Kier molecular flexibility index (Phi) is 7.80. The number of para-hydroxylation sites is 4. The van der Waals surface area contributed by atoms with Crippen LogP contribution >= 0.6 is 0 Å². The first-order valence-electron chi connectivity index (χ1n) is 21.2. The number of aromatic nitrogens is 5. The summed E-state index contributed by atoms with van der Waals surface area (Å²) in [5, 5.41) is 6.64. The second-order valence-corrected chi connectivity index (χ2v) is 16.0. The Hall–Kier alpha value is -8.61. The molecule has 0 atom stereocenters. The minimum atomic E-state index is 0.578. The number of furan rings is 1. The minimum absolute atomic E-state index is 0.578. The van der Waals surface area contributed by atoms with E-state index in [1.54, 1.807) is 0 Å². The predicted octanol–water partition coefficient (Wildman–Crippen LogP) is 14.6. The van der Waals surface area contributed by atoms with E-state index in [-0.39, 0.29) is 0 Å². The van der Waals surface area contributed by atoms with Crippen molar-refractivity contribution in [2.75, 3.05) is 0 Å². The van der Waals surface area contributed by atoms with Gasteiger partial charge < -0.3 is 13.6 Å². The van der Waals surface area contributed by atoms with Crippen molar-refractivity contribution in [3.8, 4) is 56.7 Å². The molecule has 0 amide bonds. The van der Waals surface area contributed by atoms with E-state index in [0.717, 1.165) is 94.0 Å². The third-order valence-corrected chi connectivity index (χ3v) is 12.4. The number of nitrogens with zero attached hydrogens (tertiary/aromatic N) is 5. The summed E-state index contributed by atoms with van der Waals surface area (Å²) in [6.07, 6.45) is 0. The Bertz CT molecular complexity index is 3850. The monoisotopic (exact) mass is 805 g/mol. The fourth-order valence-electron chi connectivity index (χ4n) is 9.60. The largest absolute Gasteiger partial charge is 0.454 e. The first-order valence-corrected chi connectivity index (χ1v) is 21.2. The first-order chi connectivity index (χ1) is 31.3. The van der Waals surface area contributed by atoms with Gasteiger partial charge in [-0.15, -0.1) is 0 Å². The van der Waals surface area contributed by atoms with Crippen molar-refractivity contribution >= 4 is 65.6 Å². The van der Waals surface area contributed by atoms with Gasteiger partial charge in [0.25, 0.3) is 0 Å². The highest BCUT2D eigenvalue weighted by atomic mass is 16.3. The summed E-state index contributed by atoms with van der Waals surface area (Å²) in [5.74, 6) is 1.79. The number of rotatable bonds is 6. The normalized spacial score (nSPS) is 11.8. The van der Waals surface area contributed by atoms with E-state index in [1.165, 1.54) is 10.8 Å². The van der Waals surface area contributed by atoms with Crippen molar-refractivity contribution in [1.82, 2.24) is 24.1 Å². The molecule has 0 fully saturated rings. The van der Waals surface area contributed by atoms with Crippen LogP contribution in [0.15, 0.2) is 217 Å². The van der Waals surface area contributed by atoms with Crippen LogP contribution in [-0.4, -0.2) is 24.1 Å². The summed E-state index contributed by atoms with van der Waals surface area (Å²) < 4.78 is 11.9. The van der Waals surface area contributed by atoms with Gasteiger partial charge in [0, 0.05) is 54.7 Å². The quantitative estimate of drug-likeness (QED) is 0.168. The lowest BCUT2D eigenvalue weighted by Crippen LogP contribution is -2.00. The number of hydrogen-bond acceptors (Lipinski definition) is 4. The zero-order chi connectivity index (χ0) is 41.4. The summed E-state index contributed by atoms with van der Waals surface area (Å²) in [4.78, 5) is 15.5. The van der Waals surface area contributed by atoms with Crippen LogP contribution in [0.5, 0.6) is 0 Å². The molecular weight excluding hydrogens is 771 g/mol. The molecule has 63 heavy (non-hydrogen) atoms. The number of fused-ring (bicyclic) bond motifs is 10. The molecule has 0 saturated heterocycles. The van der Waals surface area contributed by atoms with Crippen molar-refractivity contribution in [3.05, 3.63) is 212 Å². The molecule has 294 valence electrons. The summed E-state index contributed by atoms with van der Waals surface area (Å²) >= 11 is 0. The van der Waals surface area contributed by atoms with Crippen LogP contribution in [0.3, 0.4) is 0 Å². The molecule has 0 spiro atoms. The van der Waals surface area contributed by atoms with E-state index >= 15 is 0 Å². The fourth-order valence-corrected chi connectivity index (χ4v) is 9.60. The number of hydrogen-bond donors (Lipinski definition) is 0. The SMILES string of the molecule is c1ccc(-c2cccc(-c3nc(-c4ccccc4)nc(-c4cccc5oc6c(ccc7c8cccc(-n9c%10ccccc%10c%10ccccc%109)c8n(-c8ccccc8)c76)c45)n3)c2)cc1. The van der Waals surface area contributed by atoms with Crippen LogP contribution in [-0.2, 0) is 0 Å². The van der Waals surface area contributed by atoms with Gasteiger partial charge in [-0.2, -0.15) is 0 Å². The standard InChI is InChI=1S/C57H35N5O/c1-4-17-36(18-5-1)38-21-14-22-39(35-38)56-58-55(37-19-6-2-7-20-37)59-57(60-56)46-28-16-32-50-51(46)45-34-33-44-43-27-15-31-49(52(43)61(53(44)54(45)63-50)40-23-8-3-9-24-40)62-47-29-12-10-25-41(47)42-26-11-13-30-48(42)62/h1-35H. The topological polar surface area (TPSA) is 61.7 Å². The number of benzene rings is 9. The van der Waals surface area contributed by atoms with Gasteiger partial charge in [0.2, 0.25) is 0 Å². The van der Waals surface area contributed by atoms with E-state index in [0.29, 0.717) is 17.5 Å². The molecule has 0 aliphatic rings. The molecule has 13 aromatic rings. The molecule has 0 unspecified atom stereocenters. The summed E-state index contributed by atoms with van der Waals surface area (Å²) in [5.41, 5.74) is 13.1. The van der Waals surface area contributed by atoms with Crippen LogP contribution in [0.2, 0.25) is 0 Å². The van der Waals surface area contributed by atoms with Crippen LogP contribution in [0.4, 0.5) is 0 Å². The lowest BCUT2D eigenvalue weighted by atomic mass is 10.0. The predicted molar refractivity (Wildman–Crippen MR) is 258 cm³/mol. The molecular formula is C57H35N5O. The van der Waals surface area contributed by atoms with Crippen LogP contribution in [0.25, 0.3) is 122 Å². The molecule has 4 aromatic heterocycles. The third-order valence-electron chi connectivity index (χ3n) is 12.4. The van der Waals surface area contributed by atoms with Gasteiger partial charge in [-0.3, -0.25) is 0 Å². The van der Waals surface area contributed by atoms with E-state index in [2.05, 4.69) is 173 Å². The van der Waals surface area contributed by atoms with Crippen LogP contribution < -0.4 is 0 Å². The summed E-state index contributed by atoms with van der Waals surface area (Å²) in [6, 6.07) is 74.3. The van der Waals surface area contributed by atoms with Crippen molar-refractivity contribution in [2.24, 2.45) is 0 Å². The fraction of sp³-hybridized carbons (Fsp3) is 0. The maximum Gasteiger partial charge on any atom is 0.164 e. The van der Waals surface area contributed by atoms with Gasteiger partial charge in [-0.05, 0) is 59.7 Å². The highest BCUT2D eigenvalue weighted by Crippen LogP contribution is 2.45. The molecule has 0 saturated carbocycles. The Balaban J connectivity index is 1.09. The maximum atomic E-state index is 7.09. The lowest BCUT2D eigenvalue weighted by Gasteiger charge is -2.14. The Morgan fingerprint density at radius 2 is 0.889 bits per heavy atom. The molecule has 9 aromatic carbocycles. The Labute approximate surface area is 361 Å². The molecule has 0 aliphatic carbocycles. The Morgan fingerprint density at radius 1 is 0.349 bits per heavy atom. The molecule has 0 radical (unpaired) electrons. The second kappa shape index (κ2) is 14.0.